The normalized spacial score (nSPS) is 11.4. The largest absolute Gasteiger partial charge is 0.323 e. The Morgan fingerprint density at radius 2 is 1.59 bits per heavy atom. The molecule has 2 aromatic carbocycles. The third kappa shape index (κ3) is 5.08. The van der Waals surface area contributed by atoms with Gasteiger partial charge in [-0.15, -0.1) is 0 Å². The van der Waals surface area contributed by atoms with Crippen molar-refractivity contribution in [2.75, 3.05) is 25.5 Å². The maximum Gasteiger partial charge on any atom is 0.321 e. The van der Waals surface area contributed by atoms with Gasteiger partial charge >= 0.3 is 6.03 Å². The minimum Gasteiger partial charge on any atom is -0.323 e. The Kier molecular flexibility index (Phi) is 6.98. The van der Waals surface area contributed by atoms with Gasteiger partial charge in [-0.1, -0.05) is 38.1 Å². The molecule has 2 rings (SSSR count). The van der Waals surface area contributed by atoms with Gasteiger partial charge in [0.2, 0.25) is 10.0 Å². The van der Waals surface area contributed by atoms with E-state index in [4.69, 9.17) is 0 Å². The van der Waals surface area contributed by atoms with Crippen LogP contribution < -0.4 is 5.32 Å². The van der Waals surface area contributed by atoms with E-state index in [1.165, 1.54) is 16.4 Å². The van der Waals surface area contributed by atoms with Crippen molar-refractivity contribution in [2.24, 2.45) is 0 Å². The molecule has 0 unspecified atom stereocenters. The predicted molar refractivity (Wildman–Crippen MR) is 108 cm³/mol. The van der Waals surface area contributed by atoms with Crippen LogP contribution in [0.1, 0.15) is 25.0 Å². The lowest BCUT2D eigenvalue weighted by Crippen LogP contribution is -2.31. The van der Waals surface area contributed by atoms with E-state index in [2.05, 4.69) is 5.32 Å². The molecule has 0 radical (unpaired) electrons. The highest BCUT2D eigenvalue weighted by atomic mass is 32.2. The number of aryl methyl sites for hydroxylation is 1. The number of carbonyl (C=O) groups excluding carboxylic acids is 1. The van der Waals surface area contributed by atoms with Gasteiger partial charge in [0.1, 0.15) is 0 Å². The molecule has 0 aliphatic carbocycles. The molecular weight excluding hydrogens is 362 g/mol. The number of amides is 2. The summed E-state index contributed by atoms with van der Waals surface area (Å²) in [7, 11) is -1.77. The Labute approximate surface area is 161 Å². The van der Waals surface area contributed by atoms with Gasteiger partial charge < -0.3 is 10.2 Å². The zero-order valence-corrected chi connectivity index (χ0v) is 17.1. The van der Waals surface area contributed by atoms with E-state index in [1.54, 1.807) is 37.9 Å². The van der Waals surface area contributed by atoms with Crippen LogP contribution in [0.5, 0.6) is 0 Å². The van der Waals surface area contributed by atoms with Crippen molar-refractivity contribution < 1.29 is 13.2 Å². The van der Waals surface area contributed by atoms with Crippen molar-refractivity contribution >= 4 is 21.7 Å². The molecule has 0 spiro atoms. The molecule has 0 fully saturated rings. The molecule has 6 nitrogen and oxygen atoms in total. The van der Waals surface area contributed by atoms with E-state index >= 15 is 0 Å². The Morgan fingerprint density at radius 1 is 1.00 bits per heavy atom. The lowest BCUT2D eigenvalue weighted by atomic mass is 10.1. The van der Waals surface area contributed by atoms with Crippen LogP contribution in [0.2, 0.25) is 0 Å². The molecule has 0 aliphatic rings. The highest BCUT2D eigenvalue weighted by Gasteiger charge is 2.21. The maximum absolute atomic E-state index is 12.5. The molecule has 0 atom stereocenters. The van der Waals surface area contributed by atoms with Gasteiger partial charge in [-0.2, -0.15) is 4.31 Å². The van der Waals surface area contributed by atoms with Crippen LogP contribution in [0, 0.1) is 6.92 Å². The summed E-state index contributed by atoms with van der Waals surface area (Å²) in [6.45, 7) is 6.95. The van der Waals surface area contributed by atoms with Gasteiger partial charge in [0.05, 0.1) is 4.90 Å². The summed E-state index contributed by atoms with van der Waals surface area (Å²) in [6.07, 6.45) is 0. The predicted octanol–water partition coefficient (Wildman–Crippen LogP) is 3.69. The molecule has 2 amide bonds. The molecule has 0 saturated heterocycles. The first-order chi connectivity index (χ1) is 12.8. The van der Waals surface area contributed by atoms with Gasteiger partial charge in [-0.25, -0.2) is 13.2 Å². The fourth-order valence-corrected chi connectivity index (χ4v) is 4.21. The van der Waals surface area contributed by atoms with Crippen molar-refractivity contribution in [1.82, 2.24) is 9.21 Å². The first kappa shape index (κ1) is 20.9. The fourth-order valence-electron chi connectivity index (χ4n) is 2.76. The van der Waals surface area contributed by atoms with Crippen LogP contribution in [0.25, 0.3) is 0 Å². The third-order valence-electron chi connectivity index (χ3n) is 4.46. The molecule has 0 saturated carbocycles. The van der Waals surface area contributed by atoms with Crippen LogP contribution >= 0.6 is 0 Å². The number of anilines is 1. The summed E-state index contributed by atoms with van der Waals surface area (Å²) < 4.78 is 26.4. The first-order valence-corrected chi connectivity index (χ1v) is 10.4. The number of carbonyl (C=O) groups is 1. The lowest BCUT2D eigenvalue weighted by Gasteiger charge is -2.20. The molecule has 2 aromatic rings. The molecule has 0 aromatic heterocycles. The van der Waals surface area contributed by atoms with Crippen LogP contribution in [0.15, 0.2) is 53.4 Å². The topological polar surface area (TPSA) is 69.7 Å². The smallest absolute Gasteiger partial charge is 0.321 e. The Bertz CT molecular complexity index is 876. The number of rotatable bonds is 7. The van der Waals surface area contributed by atoms with Gasteiger partial charge in [-0.3, -0.25) is 0 Å². The fraction of sp³-hybridized carbons (Fsp3) is 0.350. The third-order valence-corrected chi connectivity index (χ3v) is 6.53. The summed E-state index contributed by atoms with van der Waals surface area (Å²) in [4.78, 5) is 14.2. The Hall–Kier alpha value is -2.38. The number of nitrogens with zero attached hydrogens (tertiary/aromatic N) is 2. The quantitative estimate of drug-likeness (QED) is 0.785. The Balaban J connectivity index is 2.05. The summed E-state index contributed by atoms with van der Waals surface area (Å²) in [5.41, 5.74) is 2.76. The zero-order valence-electron chi connectivity index (χ0n) is 16.3. The number of sulfonamides is 1. The standard InChI is InChI=1S/C20H27N3O3S/c1-5-23(6-2)27(25,26)19-13-11-18(12-14-19)21-20(24)22(4)15-17-10-8-7-9-16(17)3/h7-14H,5-6,15H2,1-4H3,(H,21,24). The molecule has 7 heteroatoms. The van der Waals surface area contributed by atoms with Crippen molar-refractivity contribution in [3.05, 3.63) is 59.7 Å². The van der Waals surface area contributed by atoms with Crippen molar-refractivity contribution in [3.8, 4) is 0 Å². The summed E-state index contributed by atoms with van der Waals surface area (Å²) in [6, 6.07) is 13.9. The molecule has 27 heavy (non-hydrogen) atoms. The van der Waals surface area contributed by atoms with Crippen LogP contribution in [0.3, 0.4) is 0 Å². The summed E-state index contributed by atoms with van der Waals surface area (Å²) in [5, 5.41) is 2.80. The molecule has 146 valence electrons. The monoisotopic (exact) mass is 389 g/mol. The molecule has 0 heterocycles. The van der Waals surface area contributed by atoms with Gasteiger partial charge in [0, 0.05) is 32.4 Å². The molecule has 0 bridgehead atoms. The second-order valence-electron chi connectivity index (χ2n) is 6.33. The summed E-state index contributed by atoms with van der Waals surface area (Å²) >= 11 is 0. The van der Waals surface area contributed by atoms with Gasteiger partial charge in [0.25, 0.3) is 0 Å². The number of hydrogen-bond acceptors (Lipinski definition) is 3. The van der Waals surface area contributed by atoms with E-state index in [0.717, 1.165) is 11.1 Å². The van der Waals surface area contributed by atoms with E-state index in [9.17, 15) is 13.2 Å². The van der Waals surface area contributed by atoms with E-state index in [0.29, 0.717) is 25.3 Å². The van der Waals surface area contributed by atoms with Crippen LogP contribution in [0.4, 0.5) is 10.5 Å². The van der Waals surface area contributed by atoms with E-state index < -0.39 is 10.0 Å². The van der Waals surface area contributed by atoms with Gasteiger partial charge in [0.15, 0.2) is 0 Å². The molecule has 0 aliphatic heterocycles. The number of hydrogen-bond donors (Lipinski definition) is 1. The maximum atomic E-state index is 12.5. The van der Waals surface area contributed by atoms with Crippen LogP contribution in [-0.4, -0.2) is 43.8 Å². The van der Waals surface area contributed by atoms with E-state index in [1.807, 2.05) is 31.2 Å². The average molecular weight is 390 g/mol. The second kappa shape index (κ2) is 9.01. The summed E-state index contributed by atoms with van der Waals surface area (Å²) in [5.74, 6) is 0. The SMILES string of the molecule is CCN(CC)S(=O)(=O)c1ccc(NC(=O)N(C)Cc2ccccc2C)cc1. The van der Waals surface area contributed by atoms with Gasteiger partial charge in [-0.05, 0) is 42.3 Å². The van der Waals surface area contributed by atoms with Crippen LogP contribution in [-0.2, 0) is 16.6 Å². The highest BCUT2D eigenvalue weighted by molar-refractivity contribution is 7.89. The average Bonchev–Trinajstić information content (AvgIpc) is 2.64. The lowest BCUT2D eigenvalue weighted by molar-refractivity contribution is 0.220. The minimum absolute atomic E-state index is 0.220. The highest BCUT2D eigenvalue weighted by Crippen LogP contribution is 2.19. The zero-order chi connectivity index (χ0) is 20.0. The number of nitrogens with one attached hydrogen (secondary N) is 1. The first-order valence-electron chi connectivity index (χ1n) is 8.96. The minimum atomic E-state index is -3.50. The number of urea groups is 1. The molecule has 1 N–H and O–H groups in total. The Morgan fingerprint density at radius 3 is 2.15 bits per heavy atom. The van der Waals surface area contributed by atoms with Crippen molar-refractivity contribution in [2.45, 2.75) is 32.2 Å². The number of benzene rings is 2. The second-order valence-corrected chi connectivity index (χ2v) is 8.26. The van der Waals surface area contributed by atoms with Crippen molar-refractivity contribution in [1.29, 1.82) is 0 Å². The van der Waals surface area contributed by atoms with Crippen molar-refractivity contribution in [3.63, 3.8) is 0 Å². The van der Waals surface area contributed by atoms with E-state index in [-0.39, 0.29) is 10.9 Å². The molecular formula is C20H27N3O3S.